The van der Waals surface area contributed by atoms with Gasteiger partial charge in [0.1, 0.15) is 0 Å². The standard InChI is InChI=1S/C17H24ClNO2/c1-20-15-10-12(17(11-19)7-3-2-4-8-17)9-14(18)16(15)21-13-5-6-13/h9-10,13H,2-8,11,19H2,1H3. The second kappa shape index (κ2) is 6.05. The van der Waals surface area contributed by atoms with Crippen LogP contribution in [0.15, 0.2) is 12.1 Å². The minimum Gasteiger partial charge on any atom is -0.493 e. The van der Waals surface area contributed by atoms with E-state index in [4.69, 9.17) is 26.8 Å². The Bertz CT molecular complexity index is 508. The third kappa shape index (κ3) is 3.00. The predicted molar refractivity (Wildman–Crippen MR) is 85.5 cm³/mol. The van der Waals surface area contributed by atoms with Gasteiger partial charge in [-0.2, -0.15) is 0 Å². The first-order valence-electron chi connectivity index (χ1n) is 7.93. The van der Waals surface area contributed by atoms with Crippen LogP contribution in [0, 0.1) is 0 Å². The van der Waals surface area contributed by atoms with E-state index >= 15 is 0 Å². The molecule has 0 amide bonds. The summed E-state index contributed by atoms with van der Waals surface area (Å²) in [4.78, 5) is 0. The Hall–Kier alpha value is -0.930. The highest BCUT2D eigenvalue weighted by molar-refractivity contribution is 6.32. The van der Waals surface area contributed by atoms with Gasteiger partial charge in [0, 0.05) is 12.0 Å². The van der Waals surface area contributed by atoms with Crippen molar-refractivity contribution in [2.24, 2.45) is 5.73 Å². The van der Waals surface area contributed by atoms with E-state index in [1.807, 2.05) is 6.07 Å². The molecule has 2 saturated carbocycles. The summed E-state index contributed by atoms with van der Waals surface area (Å²) in [6.45, 7) is 0.662. The minimum atomic E-state index is 0.0489. The lowest BCUT2D eigenvalue weighted by Crippen LogP contribution is -2.37. The largest absolute Gasteiger partial charge is 0.493 e. The molecule has 0 aliphatic heterocycles. The highest BCUT2D eigenvalue weighted by Gasteiger charge is 2.34. The van der Waals surface area contributed by atoms with Gasteiger partial charge in [0.2, 0.25) is 0 Å². The van der Waals surface area contributed by atoms with Crippen LogP contribution in [0.1, 0.15) is 50.5 Å². The van der Waals surface area contributed by atoms with Gasteiger partial charge >= 0.3 is 0 Å². The fraction of sp³-hybridized carbons (Fsp3) is 0.647. The Morgan fingerprint density at radius 3 is 2.52 bits per heavy atom. The Kier molecular flexibility index (Phi) is 4.32. The van der Waals surface area contributed by atoms with Crippen LogP contribution in [0.5, 0.6) is 11.5 Å². The molecule has 0 unspecified atom stereocenters. The molecule has 0 spiro atoms. The van der Waals surface area contributed by atoms with Gasteiger partial charge in [-0.1, -0.05) is 30.9 Å². The molecule has 116 valence electrons. The van der Waals surface area contributed by atoms with Gasteiger partial charge in [0.25, 0.3) is 0 Å². The predicted octanol–water partition coefficient (Wildman–Crippen LogP) is 4.05. The molecule has 2 N–H and O–H groups in total. The molecule has 3 nitrogen and oxygen atoms in total. The monoisotopic (exact) mass is 309 g/mol. The molecule has 1 aromatic carbocycles. The van der Waals surface area contributed by atoms with Gasteiger partial charge in [-0.15, -0.1) is 0 Å². The number of benzene rings is 1. The molecular formula is C17H24ClNO2. The summed E-state index contributed by atoms with van der Waals surface area (Å²) in [6, 6.07) is 4.13. The Balaban J connectivity index is 1.96. The van der Waals surface area contributed by atoms with Gasteiger partial charge in [-0.3, -0.25) is 0 Å². The normalized spacial score (nSPS) is 21.1. The number of hydrogen-bond acceptors (Lipinski definition) is 3. The third-order valence-corrected chi connectivity index (χ3v) is 5.13. The molecule has 0 aromatic heterocycles. The lowest BCUT2D eigenvalue weighted by molar-refractivity contribution is 0.277. The van der Waals surface area contributed by atoms with Crippen molar-refractivity contribution in [3.8, 4) is 11.5 Å². The van der Waals surface area contributed by atoms with Crippen molar-refractivity contribution < 1.29 is 9.47 Å². The van der Waals surface area contributed by atoms with Crippen molar-refractivity contribution in [1.29, 1.82) is 0 Å². The Morgan fingerprint density at radius 1 is 1.24 bits per heavy atom. The molecule has 0 saturated heterocycles. The number of rotatable bonds is 5. The van der Waals surface area contributed by atoms with E-state index in [0.717, 1.165) is 31.4 Å². The van der Waals surface area contributed by atoms with Crippen molar-refractivity contribution in [1.82, 2.24) is 0 Å². The lowest BCUT2D eigenvalue weighted by atomic mass is 9.69. The van der Waals surface area contributed by atoms with Crippen LogP contribution >= 0.6 is 11.6 Å². The number of nitrogens with two attached hydrogens (primary N) is 1. The molecule has 3 rings (SSSR count). The van der Waals surface area contributed by atoms with E-state index < -0.39 is 0 Å². The molecule has 0 heterocycles. The van der Waals surface area contributed by atoms with E-state index in [-0.39, 0.29) is 5.41 Å². The van der Waals surface area contributed by atoms with Crippen LogP contribution < -0.4 is 15.2 Å². The maximum atomic E-state index is 6.48. The molecule has 0 radical (unpaired) electrons. The molecule has 4 heteroatoms. The maximum Gasteiger partial charge on any atom is 0.180 e. The molecule has 21 heavy (non-hydrogen) atoms. The molecule has 0 bridgehead atoms. The molecule has 2 aliphatic rings. The first kappa shape index (κ1) is 15.0. The Labute approximate surface area is 131 Å². The van der Waals surface area contributed by atoms with Crippen LogP contribution in [0.25, 0.3) is 0 Å². The number of methoxy groups -OCH3 is 1. The second-order valence-corrected chi connectivity index (χ2v) is 6.76. The summed E-state index contributed by atoms with van der Waals surface area (Å²) in [6.07, 6.45) is 8.55. The van der Waals surface area contributed by atoms with E-state index in [2.05, 4.69) is 6.07 Å². The third-order valence-electron chi connectivity index (χ3n) is 4.85. The van der Waals surface area contributed by atoms with Crippen LogP contribution in [0.2, 0.25) is 5.02 Å². The molecule has 0 atom stereocenters. The van der Waals surface area contributed by atoms with Crippen molar-refractivity contribution in [3.63, 3.8) is 0 Å². The topological polar surface area (TPSA) is 44.5 Å². The highest BCUT2D eigenvalue weighted by atomic mass is 35.5. The summed E-state index contributed by atoms with van der Waals surface area (Å²) in [7, 11) is 1.67. The van der Waals surface area contributed by atoms with E-state index in [0.29, 0.717) is 23.4 Å². The fourth-order valence-electron chi connectivity index (χ4n) is 3.33. The van der Waals surface area contributed by atoms with Gasteiger partial charge in [0.05, 0.1) is 18.2 Å². The van der Waals surface area contributed by atoms with Crippen LogP contribution in [-0.4, -0.2) is 19.8 Å². The van der Waals surface area contributed by atoms with Crippen molar-refractivity contribution in [2.75, 3.05) is 13.7 Å². The second-order valence-electron chi connectivity index (χ2n) is 6.35. The van der Waals surface area contributed by atoms with Gasteiger partial charge in [-0.25, -0.2) is 0 Å². The molecule has 2 fully saturated rings. The Morgan fingerprint density at radius 2 is 1.95 bits per heavy atom. The van der Waals surface area contributed by atoms with E-state index in [9.17, 15) is 0 Å². The zero-order valence-corrected chi connectivity index (χ0v) is 13.4. The summed E-state index contributed by atoms with van der Waals surface area (Å²) in [5, 5.41) is 0.648. The van der Waals surface area contributed by atoms with Crippen molar-refractivity contribution in [2.45, 2.75) is 56.5 Å². The number of hydrogen-bond donors (Lipinski definition) is 1. The van der Waals surface area contributed by atoms with Crippen molar-refractivity contribution >= 4 is 11.6 Å². The van der Waals surface area contributed by atoms with Crippen LogP contribution in [0.3, 0.4) is 0 Å². The quantitative estimate of drug-likeness (QED) is 0.892. The average Bonchev–Trinajstić information content (AvgIpc) is 3.33. The number of halogens is 1. The molecular weight excluding hydrogens is 286 g/mol. The SMILES string of the molecule is COc1cc(C2(CN)CCCCC2)cc(Cl)c1OC1CC1. The van der Waals surface area contributed by atoms with Crippen molar-refractivity contribution in [3.05, 3.63) is 22.7 Å². The zero-order valence-electron chi connectivity index (χ0n) is 12.7. The fourth-order valence-corrected chi connectivity index (χ4v) is 3.59. The first-order chi connectivity index (χ1) is 10.2. The van der Waals surface area contributed by atoms with Crippen LogP contribution in [0.4, 0.5) is 0 Å². The minimum absolute atomic E-state index is 0.0489. The van der Waals surface area contributed by atoms with Gasteiger partial charge in [-0.05, 0) is 43.4 Å². The van der Waals surface area contributed by atoms with E-state index in [1.165, 1.54) is 24.8 Å². The molecule has 2 aliphatic carbocycles. The summed E-state index contributed by atoms with van der Waals surface area (Å²) < 4.78 is 11.4. The average molecular weight is 310 g/mol. The first-order valence-corrected chi connectivity index (χ1v) is 8.31. The maximum absolute atomic E-state index is 6.48. The summed E-state index contributed by atoms with van der Waals surface area (Å²) in [5.41, 5.74) is 7.38. The summed E-state index contributed by atoms with van der Waals surface area (Å²) in [5.74, 6) is 1.43. The summed E-state index contributed by atoms with van der Waals surface area (Å²) >= 11 is 6.48. The van der Waals surface area contributed by atoms with Gasteiger partial charge < -0.3 is 15.2 Å². The van der Waals surface area contributed by atoms with Crippen LogP contribution in [-0.2, 0) is 5.41 Å². The highest BCUT2D eigenvalue weighted by Crippen LogP contribution is 2.46. The van der Waals surface area contributed by atoms with E-state index in [1.54, 1.807) is 7.11 Å². The zero-order chi connectivity index (χ0) is 14.9. The lowest BCUT2D eigenvalue weighted by Gasteiger charge is -2.37. The molecule has 1 aromatic rings. The van der Waals surface area contributed by atoms with Gasteiger partial charge in [0.15, 0.2) is 11.5 Å². The smallest absolute Gasteiger partial charge is 0.180 e. The number of ether oxygens (including phenoxy) is 2.